The molecule has 1 fully saturated rings. The van der Waals surface area contributed by atoms with Crippen molar-refractivity contribution in [2.75, 3.05) is 19.6 Å². The minimum atomic E-state index is 0.201. The summed E-state index contributed by atoms with van der Waals surface area (Å²) in [4.78, 5) is 12.0. The lowest BCUT2D eigenvalue weighted by molar-refractivity contribution is -0.124. The van der Waals surface area contributed by atoms with E-state index < -0.39 is 0 Å². The fourth-order valence-corrected chi connectivity index (χ4v) is 3.83. The third kappa shape index (κ3) is 4.32. The van der Waals surface area contributed by atoms with Gasteiger partial charge in [-0.3, -0.25) is 4.79 Å². The van der Waals surface area contributed by atoms with Crippen LogP contribution in [0.2, 0.25) is 5.02 Å². The van der Waals surface area contributed by atoms with Gasteiger partial charge in [0.1, 0.15) is 0 Å². The number of hydrogen-bond donors (Lipinski definition) is 2. The molecule has 3 nitrogen and oxygen atoms in total. The van der Waals surface area contributed by atoms with Crippen molar-refractivity contribution in [1.29, 1.82) is 0 Å². The number of amides is 1. The maximum absolute atomic E-state index is 12.0. The lowest BCUT2D eigenvalue weighted by atomic mass is 9.97. The summed E-state index contributed by atoms with van der Waals surface area (Å²) in [6.45, 7) is 2.60. The second kappa shape index (κ2) is 8.55. The van der Waals surface area contributed by atoms with E-state index in [0.717, 1.165) is 49.4 Å². The van der Waals surface area contributed by atoms with Gasteiger partial charge in [-0.15, -0.1) is 0 Å². The van der Waals surface area contributed by atoms with Gasteiger partial charge >= 0.3 is 0 Å². The molecule has 1 aliphatic heterocycles. The molecule has 0 spiro atoms. The van der Waals surface area contributed by atoms with E-state index in [0.29, 0.717) is 13.0 Å². The van der Waals surface area contributed by atoms with Crippen LogP contribution in [0, 0.1) is 17.8 Å². The summed E-state index contributed by atoms with van der Waals surface area (Å²) < 4.78 is 0. The highest BCUT2D eigenvalue weighted by Gasteiger charge is 2.21. The Labute approximate surface area is 149 Å². The molecule has 2 N–H and O–H groups in total. The van der Waals surface area contributed by atoms with E-state index in [1.165, 1.54) is 24.0 Å². The molecule has 4 heteroatoms. The van der Waals surface area contributed by atoms with Crippen molar-refractivity contribution in [3.8, 4) is 11.8 Å². The van der Waals surface area contributed by atoms with Crippen molar-refractivity contribution in [3.63, 3.8) is 0 Å². The lowest BCUT2D eigenvalue weighted by Crippen LogP contribution is -2.29. The SMILES string of the molecule is O=C(NCCC#Cc1c(Cl)ccc2c1CCNCC2)C1CCCC1. The number of nitrogens with one attached hydrogen (secondary N) is 2. The van der Waals surface area contributed by atoms with E-state index in [1.807, 2.05) is 6.07 Å². The normalized spacial score (nSPS) is 17.5. The Morgan fingerprint density at radius 2 is 2.04 bits per heavy atom. The van der Waals surface area contributed by atoms with Crippen LogP contribution in [-0.2, 0) is 17.6 Å². The van der Waals surface area contributed by atoms with E-state index in [9.17, 15) is 4.79 Å². The second-order valence-corrected chi connectivity index (χ2v) is 7.04. The summed E-state index contributed by atoms with van der Waals surface area (Å²) in [5, 5.41) is 7.17. The van der Waals surface area contributed by atoms with Gasteiger partial charge in [0.05, 0.1) is 5.02 Å². The molecule has 0 radical (unpaired) electrons. The Morgan fingerprint density at radius 1 is 1.25 bits per heavy atom. The van der Waals surface area contributed by atoms with Crippen LogP contribution in [0.5, 0.6) is 0 Å². The molecule has 1 saturated carbocycles. The summed E-state index contributed by atoms with van der Waals surface area (Å²) in [5.41, 5.74) is 3.61. The first-order valence-corrected chi connectivity index (χ1v) is 9.41. The molecule has 2 aliphatic rings. The van der Waals surface area contributed by atoms with Crippen molar-refractivity contribution < 1.29 is 4.79 Å². The Bertz CT molecular complexity index is 654. The van der Waals surface area contributed by atoms with Crippen LogP contribution in [-0.4, -0.2) is 25.5 Å². The Morgan fingerprint density at radius 3 is 2.88 bits per heavy atom. The molecule has 1 aliphatic carbocycles. The number of hydrogen-bond acceptors (Lipinski definition) is 2. The average molecular weight is 345 g/mol. The molecule has 1 amide bonds. The van der Waals surface area contributed by atoms with Crippen molar-refractivity contribution in [2.45, 2.75) is 44.9 Å². The van der Waals surface area contributed by atoms with Gasteiger partial charge in [-0.25, -0.2) is 0 Å². The molecule has 0 aromatic heterocycles. The molecule has 128 valence electrons. The minimum absolute atomic E-state index is 0.201. The van der Waals surface area contributed by atoms with Gasteiger partial charge in [0.25, 0.3) is 0 Å². The number of benzene rings is 1. The van der Waals surface area contributed by atoms with Gasteiger partial charge in [-0.1, -0.05) is 42.3 Å². The number of halogens is 1. The fourth-order valence-electron chi connectivity index (χ4n) is 3.61. The molecule has 1 aromatic carbocycles. The Hall–Kier alpha value is -1.50. The monoisotopic (exact) mass is 344 g/mol. The summed E-state index contributed by atoms with van der Waals surface area (Å²) in [5.74, 6) is 6.87. The van der Waals surface area contributed by atoms with Gasteiger partial charge in [0.2, 0.25) is 5.91 Å². The van der Waals surface area contributed by atoms with Gasteiger partial charge in [-0.2, -0.15) is 0 Å². The van der Waals surface area contributed by atoms with Crippen molar-refractivity contribution in [1.82, 2.24) is 10.6 Å². The lowest BCUT2D eigenvalue weighted by Gasteiger charge is -2.10. The third-order valence-electron chi connectivity index (χ3n) is 4.97. The van der Waals surface area contributed by atoms with E-state index in [1.54, 1.807) is 0 Å². The van der Waals surface area contributed by atoms with Gasteiger partial charge in [0, 0.05) is 24.4 Å². The largest absolute Gasteiger partial charge is 0.355 e. The van der Waals surface area contributed by atoms with E-state index in [4.69, 9.17) is 11.6 Å². The number of carbonyl (C=O) groups is 1. The van der Waals surface area contributed by atoms with E-state index in [2.05, 4.69) is 28.5 Å². The Balaban J connectivity index is 1.58. The van der Waals surface area contributed by atoms with Crippen LogP contribution < -0.4 is 10.6 Å². The number of fused-ring (bicyclic) bond motifs is 1. The Kier molecular flexibility index (Phi) is 6.18. The zero-order valence-corrected chi connectivity index (χ0v) is 14.8. The maximum Gasteiger partial charge on any atom is 0.223 e. The maximum atomic E-state index is 12.0. The third-order valence-corrected chi connectivity index (χ3v) is 5.29. The summed E-state index contributed by atoms with van der Waals surface area (Å²) >= 11 is 6.37. The van der Waals surface area contributed by atoms with E-state index >= 15 is 0 Å². The topological polar surface area (TPSA) is 41.1 Å². The highest BCUT2D eigenvalue weighted by atomic mass is 35.5. The predicted molar refractivity (Wildman–Crippen MR) is 98.2 cm³/mol. The standard InChI is InChI=1S/C20H25ClN2O/c21-19-9-8-15-10-13-22-14-11-17(15)18(19)7-3-4-12-23-20(24)16-5-1-2-6-16/h8-9,16,22H,1-2,4-6,10-14H2,(H,23,24). The van der Waals surface area contributed by atoms with Crippen LogP contribution in [0.25, 0.3) is 0 Å². The van der Waals surface area contributed by atoms with Crippen molar-refractivity contribution >= 4 is 17.5 Å². The smallest absolute Gasteiger partial charge is 0.223 e. The van der Waals surface area contributed by atoms with E-state index in [-0.39, 0.29) is 11.8 Å². The minimum Gasteiger partial charge on any atom is -0.355 e. The zero-order valence-electron chi connectivity index (χ0n) is 14.1. The first-order chi connectivity index (χ1) is 11.8. The fraction of sp³-hybridized carbons (Fsp3) is 0.550. The van der Waals surface area contributed by atoms with Gasteiger partial charge < -0.3 is 10.6 Å². The summed E-state index contributed by atoms with van der Waals surface area (Å²) in [7, 11) is 0. The first-order valence-electron chi connectivity index (χ1n) is 9.03. The van der Waals surface area contributed by atoms with Crippen LogP contribution >= 0.6 is 11.6 Å². The molecule has 0 unspecified atom stereocenters. The quantitative estimate of drug-likeness (QED) is 0.653. The zero-order chi connectivity index (χ0) is 16.8. The van der Waals surface area contributed by atoms with Crippen LogP contribution in [0.3, 0.4) is 0 Å². The van der Waals surface area contributed by atoms with Gasteiger partial charge in [-0.05, 0) is 56.0 Å². The first kappa shape index (κ1) is 17.3. The molecule has 0 bridgehead atoms. The number of carbonyl (C=O) groups excluding carboxylic acids is 1. The highest BCUT2D eigenvalue weighted by molar-refractivity contribution is 6.31. The molecule has 3 rings (SSSR count). The molecule has 0 atom stereocenters. The summed E-state index contributed by atoms with van der Waals surface area (Å²) in [6.07, 6.45) is 7.11. The molecule has 1 heterocycles. The molecule has 1 aromatic rings. The van der Waals surface area contributed by atoms with Crippen LogP contribution in [0.15, 0.2) is 12.1 Å². The second-order valence-electron chi connectivity index (χ2n) is 6.63. The number of rotatable bonds is 3. The van der Waals surface area contributed by atoms with Gasteiger partial charge in [0.15, 0.2) is 0 Å². The highest BCUT2D eigenvalue weighted by Crippen LogP contribution is 2.25. The van der Waals surface area contributed by atoms with Crippen LogP contribution in [0.1, 0.15) is 48.8 Å². The average Bonchev–Trinajstić information content (AvgIpc) is 3.02. The summed E-state index contributed by atoms with van der Waals surface area (Å²) in [6, 6.07) is 4.08. The molecule has 0 saturated heterocycles. The molecular formula is C20H25ClN2O. The van der Waals surface area contributed by atoms with Crippen LogP contribution in [0.4, 0.5) is 0 Å². The van der Waals surface area contributed by atoms with Crippen molar-refractivity contribution in [2.24, 2.45) is 5.92 Å². The molecular weight excluding hydrogens is 320 g/mol. The predicted octanol–water partition coefficient (Wildman–Crippen LogP) is 3.08. The van der Waals surface area contributed by atoms with Crippen molar-refractivity contribution in [3.05, 3.63) is 33.8 Å². The molecule has 24 heavy (non-hydrogen) atoms.